The van der Waals surface area contributed by atoms with Crippen LogP contribution in [0.1, 0.15) is 11.1 Å². The van der Waals surface area contributed by atoms with Gasteiger partial charge in [0.2, 0.25) is 10.0 Å². The number of hydrogen-bond donors (Lipinski definition) is 1. The van der Waals surface area contributed by atoms with Crippen molar-refractivity contribution in [3.05, 3.63) is 53.6 Å². The number of carbonyl (C=O) groups excluding carboxylic acids is 1. The van der Waals surface area contributed by atoms with Gasteiger partial charge in [0, 0.05) is 6.07 Å². The van der Waals surface area contributed by atoms with Crippen LogP contribution in [-0.4, -0.2) is 47.6 Å². The summed E-state index contributed by atoms with van der Waals surface area (Å²) in [5.41, 5.74) is 4.54. The number of ether oxygens (including phenoxy) is 2. The van der Waals surface area contributed by atoms with E-state index in [1.165, 1.54) is 32.6 Å². The number of benzene rings is 2. The van der Waals surface area contributed by atoms with Crippen molar-refractivity contribution in [2.45, 2.75) is 6.92 Å². The third-order valence-electron chi connectivity index (χ3n) is 3.82. The number of methoxy groups -OCH3 is 2. The molecule has 0 saturated carbocycles. The zero-order valence-corrected chi connectivity index (χ0v) is 17.0. The molecule has 28 heavy (non-hydrogen) atoms. The van der Waals surface area contributed by atoms with E-state index in [0.29, 0.717) is 11.5 Å². The maximum absolute atomic E-state index is 12.2. The largest absolute Gasteiger partial charge is 0.493 e. The minimum absolute atomic E-state index is 0.276. The van der Waals surface area contributed by atoms with Crippen molar-refractivity contribution < 1.29 is 22.7 Å². The van der Waals surface area contributed by atoms with Crippen LogP contribution in [0.25, 0.3) is 0 Å². The minimum Gasteiger partial charge on any atom is -0.493 e. The van der Waals surface area contributed by atoms with Gasteiger partial charge in [-0.3, -0.25) is 9.10 Å². The number of aryl methyl sites for hydroxylation is 1. The highest BCUT2D eigenvalue weighted by atomic mass is 32.2. The lowest BCUT2D eigenvalue weighted by atomic mass is 10.2. The second kappa shape index (κ2) is 9.23. The Kier molecular flexibility index (Phi) is 7.00. The molecule has 0 radical (unpaired) electrons. The molecule has 8 nitrogen and oxygen atoms in total. The molecule has 150 valence electrons. The maximum Gasteiger partial charge on any atom is 0.260 e. The van der Waals surface area contributed by atoms with Gasteiger partial charge in [-0.2, -0.15) is 5.10 Å². The summed E-state index contributed by atoms with van der Waals surface area (Å²) >= 11 is 0. The molecule has 0 aliphatic heterocycles. The van der Waals surface area contributed by atoms with Crippen LogP contribution in [0.15, 0.2) is 47.6 Å². The molecule has 0 unspecified atom stereocenters. The molecule has 0 saturated heterocycles. The van der Waals surface area contributed by atoms with Crippen molar-refractivity contribution in [3.8, 4) is 11.5 Å². The SMILES string of the molecule is COc1ccc(N(CC(=O)N/N=C\c2ccc(C)cc2)S(C)(=O)=O)cc1OC. The van der Waals surface area contributed by atoms with Crippen LogP contribution < -0.4 is 19.2 Å². The van der Waals surface area contributed by atoms with Crippen molar-refractivity contribution >= 4 is 27.8 Å². The Balaban J connectivity index is 2.14. The Bertz CT molecular complexity index is 956. The molecule has 0 aliphatic carbocycles. The summed E-state index contributed by atoms with van der Waals surface area (Å²) in [6.07, 6.45) is 2.51. The van der Waals surface area contributed by atoms with Gasteiger partial charge in [0.05, 0.1) is 32.4 Å². The number of amides is 1. The Morgan fingerprint density at radius 3 is 2.32 bits per heavy atom. The third-order valence-corrected chi connectivity index (χ3v) is 4.96. The molecule has 0 bridgehead atoms. The van der Waals surface area contributed by atoms with Gasteiger partial charge >= 0.3 is 0 Å². The lowest BCUT2D eigenvalue weighted by Crippen LogP contribution is -2.39. The Labute approximate surface area is 164 Å². The Morgan fingerprint density at radius 1 is 1.11 bits per heavy atom. The topological polar surface area (TPSA) is 97.3 Å². The molecule has 1 amide bonds. The molecule has 0 aromatic heterocycles. The van der Waals surface area contributed by atoms with E-state index in [9.17, 15) is 13.2 Å². The first-order valence-corrected chi connectivity index (χ1v) is 10.2. The van der Waals surface area contributed by atoms with Gasteiger partial charge in [-0.05, 0) is 24.6 Å². The summed E-state index contributed by atoms with van der Waals surface area (Å²) in [6.45, 7) is 1.54. The van der Waals surface area contributed by atoms with Crippen LogP contribution >= 0.6 is 0 Å². The minimum atomic E-state index is -3.72. The monoisotopic (exact) mass is 405 g/mol. The number of hydrazone groups is 1. The Morgan fingerprint density at radius 2 is 1.75 bits per heavy atom. The average molecular weight is 405 g/mol. The molecule has 0 fully saturated rings. The van der Waals surface area contributed by atoms with Gasteiger partial charge in [-0.1, -0.05) is 29.8 Å². The summed E-state index contributed by atoms with van der Waals surface area (Å²) < 4.78 is 35.7. The molecule has 1 N–H and O–H groups in total. The molecule has 0 heterocycles. The summed E-state index contributed by atoms with van der Waals surface area (Å²) in [6, 6.07) is 12.2. The van der Waals surface area contributed by atoms with E-state index in [4.69, 9.17) is 9.47 Å². The van der Waals surface area contributed by atoms with Crippen LogP contribution in [-0.2, 0) is 14.8 Å². The molecular weight excluding hydrogens is 382 g/mol. The fourth-order valence-corrected chi connectivity index (χ4v) is 3.23. The number of rotatable bonds is 8. The first-order valence-electron chi connectivity index (χ1n) is 8.33. The number of hydrogen-bond acceptors (Lipinski definition) is 6. The lowest BCUT2D eigenvalue weighted by Gasteiger charge is -2.22. The van der Waals surface area contributed by atoms with E-state index >= 15 is 0 Å². The quantitative estimate of drug-likeness (QED) is 0.535. The lowest BCUT2D eigenvalue weighted by molar-refractivity contribution is -0.119. The van der Waals surface area contributed by atoms with Crippen LogP contribution in [0.4, 0.5) is 5.69 Å². The Hall–Kier alpha value is -3.07. The van der Waals surface area contributed by atoms with E-state index in [1.807, 2.05) is 31.2 Å². The van der Waals surface area contributed by atoms with E-state index < -0.39 is 22.5 Å². The first-order chi connectivity index (χ1) is 13.2. The first kappa shape index (κ1) is 21.2. The maximum atomic E-state index is 12.2. The predicted octanol–water partition coefficient (Wildman–Crippen LogP) is 1.93. The molecule has 9 heteroatoms. The van der Waals surface area contributed by atoms with Crippen molar-refractivity contribution in [1.29, 1.82) is 0 Å². The number of sulfonamides is 1. The van der Waals surface area contributed by atoms with Crippen molar-refractivity contribution in [1.82, 2.24) is 5.43 Å². The fraction of sp³-hybridized carbons (Fsp3) is 0.263. The van der Waals surface area contributed by atoms with Crippen LogP contribution in [0.2, 0.25) is 0 Å². The predicted molar refractivity (Wildman–Crippen MR) is 109 cm³/mol. The molecule has 2 rings (SSSR count). The van der Waals surface area contributed by atoms with Gasteiger partial charge in [-0.25, -0.2) is 13.8 Å². The summed E-state index contributed by atoms with van der Waals surface area (Å²) in [5.74, 6) is 0.224. The van der Waals surface area contributed by atoms with Crippen molar-refractivity contribution in [2.24, 2.45) is 5.10 Å². The fourth-order valence-electron chi connectivity index (χ4n) is 2.38. The molecule has 2 aromatic rings. The summed E-state index contributed by atoms with van der Waals surface area (Å²) in [7, 11) is -0.794. The normalized spacial score (nSPS) is 11.3. The van der Waals surface area contributed by atoms with E-state index in [0.717, 1.165) is 21.7 Å². The molecular formula is C19H23N3O5S. The molecule has 2 aromatic carbocycles. The zero-order valence-electron chi connectivity index (χ0n) is 16.2. The average Bonchev–Trinajstić information content (AvgIpc) is 2.66. The molecule has 0 aliphatic rings. The zero-order chi connectivity index (χ0) is 20.7. The number of nitrogens with zero attached hydrogens (tertiary/aromatic N) is 2. The standard InChI is InChI=1S/C19H23N3O5S/c1-14-5-7-15(8-6-14)12-20-21-19(23)13-22(28(4,24)25)16-9-10-17(26-2)18(11-16)27-3/h5-12H,13H2,1-4H3,(H,21,23)/b20-12-. The van der Waals surface area contributed by atoms with Gasteiger partial charge in [0.25, 0.3) is 5.91 Å². The van der Waals surface area contributed by atoms with E-state index in [-0.39, 0.29) is 5.69 Å². The van der Waals surface area contributed by atoms with Crippen molar-refractivity contribution in [2.75, 3.05) is 31.3 Å². The smallest absolute Gasteiger partial charge is 0.260 e. The highest BCUT2D eigenvalue weighted by Crippen LogP contribution is 2.32. The van der Waals surface area contributed by atoms with Gasteiger partial charge < -0.3 is 9.47 Å². The van der Waals surface area contributed by atoms with Crippen LogP contribution in [0.3, 0.4) is 0 Å². The van der Waals surface area contributed by atoms with Crippen LogP contribution in [0, 0.1) is 6.92 Å². The molecule has 0 spiro atoms. The second-order valence-corrected chi connectivity index (χ2v) is 7.92. The van der Waals surface area contributed by atoms with Crippen molar-refractivity contribution in [3.63, 3.8) is 0 Å². The summed E-state index contributed by atoms with van der Waals surface area (Å²) in [5, 5.41) is 3.87. The molecule has 0 atom stereocenters. The second-order valence-electron chi connectivity index (χ2n) is 6.01. The van der Waals surface area contributed by atoms with E-state index in [2.05, 4.69) is 10.5 Å². The van der Waals surface area contributed by atoms with Gasteiger partial charge in [-0.15, -0.1) is 0 Å². The number of carbonyl (C=O) groups is 1. The van der Waals surface area contributed by atoms with E-state index in [1.54, 1.807) is 6.07 Å². The summed E-state index contributed by atoms with van der Waals surface area (Å²) in [4.78, 5) is 12.2. The number of anilines is 1. The van der Waals surface area contributed by atoms with Gasteiger partial charge in [0.1, 0.15) is 6.54 Å². The third kappa shape index (κ3) is 5.71. The highest BCUT2D eigenvalue weighted by Gasteiger charge is 2.22. The van der Waals surface area contributed by atoms with Gasteiger partial charge in [0.15, 0.2) is 11.5 Å². The number of nitrogens with one attached hydrogen (secondary N) is 1. The highest BCUT2D eigenvalue weighted by molar-refractivity contribution is 7.92. The van der Waals surface area contributed by atoms with Crippen LogP contribution in [0.5, 0.6) is 11.5 Å².